The summed E-state index contributed by atoms with van der Waals surface area (Å²) in [6.07, 6.45) is -4.20. The quantitative estimate of drug-likeness (QED) is 0.452. The molecule has 0 radical (unpaired) electrons. The summed E-state index contributed by atoms with van der Waals surface area (Å²) in [5.74, 6) is 0.594. The van der Waals surface area contributed by atoms with Crippen molar-refractivity contribution in [3.8, 4) is 0 Å². The predicted octanol–water partition coefficient (Wildman–Crippen LogP) is 3.26. The van der Waals surface area contributed by atoms with E-state index in [1.165, 1.54) is 7.05 Å². The molecule has 148 valence electrons. The molecule has 0 aliphatic heterocycles. The van der Waals surface area contributed by atoms with Crippen LogP contribution in [0.15, 0.2) is 27.7 Å². The first-order valence-electron chi connectivity index (χ1n) is 8.33. The second kappa shape index (κ2) is 8.83. The van der Waals surface area contributed by atoms with Crippen molar-refractivity contribution in [1.29, 1.82) is 0 Å². The SMILES string of the molecule is CN=C(NCCc1nc(C(C)C)no1)NCc1ccc(F)cc1C(F)(F)F. The lowest BCUT2D eigenvalue weighted by atomic mass is 10.1. The van der Waals surface area contributed by atoms with Gasteiger partial charge in [0.15, 0.2) is 11.8 Å². The summed E-state index contributed by atoms with van der Waals surface area (Å²) in [7, 11) is 1.49. The van der Waals surface area contributed by atoms with Crippen molar-refractivity contribution < 1.29 is 22.1 Å². The molecule has 2 N–H and O–H groups in total. The van der Waals surface area contributed by atoms with Gasteiger partial charge in [-0.15, -0.1) is 0 Å². The van der Waals surface area contributed by atoms with Crippen LogP contribution in [0.2, 0.25) is 0 Å². The molecule has 1 heterocycles. The van der Waals surface area contributed by atoms with Crippen LogP contribution in [0.5, 0.6) is 0 Å². The third-order valence-electron chi connectivity index (χ3n) is 3.68. The van der Waals surface area contributed by atoms with Crippen LogP contribution in [-0.2, 0) is 19.1 Å². The van der Waals surface area contributed by atoms with Gasteiger partial charge >= 0.3 is 6.18 Å². The second-order valence-corrected chi connectivity index (χ2v) is 6.10. The van der Waals surface area contributed by atoms with E-state index in [2.05, 4.69) is 25.8 Å². The molecule has 27 heavy (non-hydrogen) atoms. The first-order chi connectivity index (χ1) is 12.7. The summed E-state index contributed by atoms with van der Waals surface area (Å²) >= 11 is 0. The maximum absolute atomic E-state index is 13.1. The lowest BCUT2D eigenvalue weighted by molar-refractivity contribution is -0.138. The van der Waals surface area contributed by atoms with E-state index in [0.29, 0.717) is 36.7 Å². The molecule has 0 spiro atoms. The summed E-state index contributed by atoms with van der Waals surface area (Å²) in [5, 5.41) is 9.58. The number of alkyl halides is 3. The molecule has 0 unspecified atom stereocenters. The zero-order valence-electron chi connectivity index (χ0n) is 15.2. The molecule has 1 aromatic carbocycles. The second-order valence-electron chi connectivity index (χ2n) is 6.10. The van der Waals surface area contributed by atoms with Crippen LogP contribution in [-0.4, -0.2) is 29.7 Å². The van der Waals surface area contributed by atoms with E-state index in [0.717, 1.165) is 12.1 Å². The highest BCUT2D eigenvalue weighted by molar-refractivity contribution is 5.79. The number of benzene rings is 1. The van der Waals surface area contributed by atoms with Crippen LogP contribution in [0.25, 0.3) is 0 Å². The summed E-state index contributed by atoms with van der Waals surface area (Å²) in [5.41, 5.74) is -1.09. The zero-order valence-corrected chi connectivity index (χ0v) is 15.2. The van der Waals surface area contributed by atoms with E-state index in [1.54, 1.807) is 0 Å². The van der Waals surface area contributed by atoms with Crippen molar-refractivity contribution in [2.24, 2.45) is 4.99 Å². The Morgan fingerprint density at radius 3 is 2.59 bits per heavy atom. The fraction of sp³-hybridized carbons (Fsp3) is 0.471. The normalized spacial score (nSPS) is 12.5. The van der Waals surface area contributed by atoms with Crippen molar-refractivity contribution in [3.63, 3.8) is 0 Å². The van der Waals surface area contributed by atoms with Crippen LogP contribution in [0, 0.1) is 5.82 Å². The predicted molar refractivity (Wildman–Crippen MR) is 91.7 cm³/mol. The number of aliphatic imine (C=N–C) groups is 1. The van der Waals surface area contributed by atoms with E-state index < -0.39 is 17.6 Å². The number of aromatic nitrogens is 2. The molecular formula is C17H21F4N5O. The van der Waals surface area contributed by atoms with Crippen molar-refractivity contribution in [2.75, 3.05) is 13.6 Å². The fourth-order valence-electron chi connectivity index (χ4n) is 2.26. The van der Waals surface area contributed by atoms with Gasteiger partial charge in [-0.05, 0) is 17.7 Å². The Morgan fingerprint density at radius 2 is 2.00 bits per heavy atom. The molecule has 1 aromatic heterocycles. The monoisotopic (exact) mass is 387 g/mol. The molecule has 0 atom stereocenters. The Hall–Kier alpha value is -2.65. The van der Waals surface area contributed by atoms with E-state index in [9.17, 15) is 17.6 Å². The van der Waals surface area contributed by atoms with Crippen molar-refractivity contribution >= 4 is 5.96 Å². The Kier molecular flexibility index (Phi) is 6.75. The van der Waals surface area contributed by atoms with Crippen LogP contribution in [0.1, 0.15) is 42.6 Å². The van der Waals surface area contributed by atoms with Crippen molar-refractivity contribution in [2.45, 2.75) is 38.9 Å². The first kappa shape index (κ1) is 20.7. The van der Waals surface area contributed by atoms with E-state index in [-0.39, 0.29) is 18.0 Å². The van der Waals surface area contributed by atoms with Gasteiger partial charge in [-0.1, -0.05) is 25.1 Å². The summed E-state index contributed by atoms with van der Waals surface area (Å²) in [6.45, 7) is 4.13. The van der Waals surface area contributed by atoms with E-state index in [1.807, 2.05) is 13.8 Å². The Balaban J connectivity index is 1.90. The molecule has 0 amide bonds. The maximum atomic E-state index is 13.1. The molecule has 10 heteroatoms. The molecule has 0 aliphatic rings. The number of halogens is 4. The van der Waals surface area contributed by atoms with E-state index in [4.69, 9.17) is 4.52 Å². The Morgan fingerprint density at radius 1 is 1.26 bits per heavy atom. The van der Waals surface area contributed by atoms with Crippen LogP contribution in [0.4, 0.5) is 17.6 Å². The minimum absolute atomic E-state index is 0.0784. The minimum Gasteiger partial charge on any atom is -0.356 e. The number of rotatable bonds is 6. The van der Waals surface area contributed by atoms with Gasteiger partial charge in [0, 0.05) is 32.5 Å². The van der Waals surface area contributed by atoms with Gasteiger partial charge in [-0.2, -0.15) is 18.2 Å². The smallest absolute Gasteiger partial charge is 0.356 e. The summed E-state index contributed by atoms with van der Waals surface area (Å²) < 4.78 is 57.3. The lowest BCUT2D eigenvalue weighted by Gasteiger charge is -2.15. The summed E-state index contributed by atoms with van der Waals surface area (Å²) in [4.78, 5) is 8.18. The zero-order chi connectivity index (χ0) is 20.0. The molecule has 0 aliphatic carbocycles. The van der Waals surface area contributed by atoms with Gasteiger partial charge in [0.05, 0.1) is 5.56 Å². The van der Waals surface area contributed by atoms with Gasteiger partial charge in [-0.25, -0.2) is 4.39 Å². The van der Waals surface area contributed by atoms with Gasteiger partial charge in [0.1, 0.15) is 5.82 Å². The highest BCUT2D eigenvalue weighted by atomic mass is 19.4. The van der Waals surface area contributed by atoms with Gasteiger partial charge in [-0.3, -0.25) is 4.99 Å². The van der Waals surface area contributed by atoms with Crippen molar-refractivity contribution in [3.05, 3.63) is 46.9 Å². The van der Waals surface area contributed by atoms with E-state index >= 15 is 0 Å². The largest absolute Gasteiger partial charge is 0.416 e. The molecule has 2 rings (SSSR count). The standard InChI is InChI=1S/C17H21F4N5O/c1-10(2)15-25-14(27-26-15)6-7-23-16(22-3)24-9-11-4-5-12(18)8-13(11)17(19,20)21/h4-5,8,10H,6-7,9H2,1-3H3,(H2,22,23,24). The fourth-order valence-corrected chi connectivity index (χ4v) is 2.26. The lowest BCUT2D eigenvalue weighted by Crippen LogP contribution is -2.38. The van der Waals surface area contributed by atoms with Gasteiger partial charge in [0.2, 0.25) is 5.89 Å². The number of hydrogen-bond acceptors (Lipinski definition) is 4. The van der Waals surface area contributed by atoms with Crippen LogP contribution < -0.4 is 10.6 Å². The molecule has 0 bridgehead atoms. The Bertz CT molecular complexity index is 786. The average Bonchev–Trinajstić information content (AvgIpc) is 3.07. The minimum atomic E-state index is -4.64. The van der Waals surface area contributed by atoms with Gasteiger partial charge in [0.25, 0.3) is 0 Å². The highest BCUT2D eigenvalue weighted by Crippen LogP contribution is 2.32. The number of guanidine groups is 1. The molecule has 0 fully saturated rings. The van der Waals surface area contributed by atoms with Crippen molar-refractivity contribution in [1.82, 2.24) is 20.8 Å². The maximum Gasteiger partial charge on any atom is 0.416 e. The summed E-state index contributed by atoms with van der Waals surface area (Å²) in [6, 6.07) is 2.57. The molecule has 6 nitrogen and oxygen atoms in total. The Labute approximate surface area is 154 Å². The number of nitrogens with one attached hydrogen (secondary N) is 2. The van der Waals surface area contributed by atoms with Crippen LogP contribution in [0.3, 0.4) is 0 Å². The molecule has 0 saturated carbocycles. The van der Waals surface area contributed by atoms with Crippen LogP contribution >= 0.6 is 0 Å². The topological polar surface area (TPSA) is 75.3 Å². The average molecular weight is 387 g/mol. The molecular weight excluding hydrogens is 366 g/mol. The first-order valence-corrected chi connectivity index (χ1v) is 8.33. The number of nitrogens with zero attached hydrogens (tertiary/aromatic N) is 3. The third-order valence-corrected chi connectivity index (χ3v) is 3.68. The number of hydrogen-bond donors (Lipinski definition) is 2. The van der Waals surface area contributed by atoms with Gasteiger partial charge < -0.3 is 15.2 Å². The molecule has 0 saturated heterocycles. The highest BCUT2D eigenvalue weighted by Gasteiger charge is 2.33. The third kappa shape index (κ3) is 5.93. The molecule has 2 aromatic rings.